The maximum atomic E-state index is 12.3. The molecule has 1 aromatic carbocycles. The number of amides is 1. The van der Waals surface area contributed by atoms with Crippen molar-refractivity contribution in [1.82, 2.24) is 4.98 Å². The van der Waals surface area contributed by atoms with Crippen molar-refractivity contribution in [3.05, 3.63) is 53.9 Å². The first-order valence-corrected chi connectivity index (χ1v) is 6.64. The number of hydrogen-bond acceptors (Lipinski definition) is 4. The van der Waals surface area contributed by atoms with Gasteiger partial charge in [-0.25, -0.2) is 4.98 Å². The van der Waals surface area contributed by atoms with Crippen LogP contribution in [0.1, 0.15) is 23.0 Å². The highest BCUT2D eigenvalue weighted by Gasteiger charge is 2.14. The number of nitrogens with one attached hydrogen (secondary N) is 1. The molecule has 0 aliphatic rings. The quantitative estimate of drug-likeness (QED) is 0.934. The van der Waals surface area contributed by atoms with Crippen LogP contribution in [0.5, 0.6) is 0 Å². The molecule has 2 aromatic rings. The Morgan fingerprint density at radius 3 is 2.52 bits per heavy atom. The van der Waals surface area contributed by atoms with Crippen molar-refractivity contribution >= 4 is 17.3 Å². The van der Waals surface area contributed by atoms with Crippen molar-refractivity contribution in [2.24, 2.45) is 0 Å². The van der Waals surface area contributed by atoms with Gasteiger partial charge in [-0.2, -0.15) is 5.26 Å². The Balaban J connectivity index is 2.16. The molecule has 1 N–H and O–H groups in total. The van der Waals surface area contributed by atoms with Crippen molar-refractivity contribution in [2.75, 3.05) is 23.8 Å². The van der Waals surface area contributed by atoms with Crippen molar-refractivity contribution in [3.63, 3.8) is 0 Å². The summed E-state index contributed by atoms with van der Waals surface area (Å²) in [5.74, 6) is -0.192. The van der Waals surface area contributed by atoms with E-state index in [0.29, 0.717) is 11.3 Å². The van der Waals surface area contributed by atoms with Crippen LogP contribution in [0, 0.1) is 11.3 Å². The van der Waals surface area contributed by atoms with E-state index >= 15 is 0 Å². The summed E-state index contributed by atoms with van der Waals surface area (Å²) in [5, 5.41) is 11.9. The average molecular weight is 280 g/mol. The smallest absolute Gasteiger partial charge is 0.276 e. The zero-order chi connectivity index (χ0) is 15.2. The van der Waals surface area contributed by atoms with Gasteiger partial charge in [0.1, 0.15) is 5.69 Å². The van der Waals surface area contributed by atoms with Crippen LogP contribution >= 0.6 is 0 Å². The van der Waals surface area contributed by atoms with Crippen molar-refractivity contribution < 1.29 is 4.79 Å². The first-order chi connectivity index (χ1) is 10.2. The minimum absolute atomic E-state index is 0.192. The summed E-state index contributed by atoms with van der Waals surface area (Å²) >= 11 is 0. The lowest BCUT2D eigenvalue weighted by Gasteiger charge is -2.17. The van der Waals surface area contributed by atoms with Crippen LogP contribution in [0.2, 0.25) is 0 Å². The fourth-order valence-electron chi connectivity index (χ4n) is 1.88. The molecule has 0 aliphatic carbocycles. The number of carbonyl (C=O) groups excluding carboxylic acids is 1. The molecule has 1 amide bonds. The van der Waals surface area contributed by atoms with E-state index in [4.69, 9.17) is 5.26 Å². The van der Waals surface area contributed by atoms with Gasteiger partial charge in [0, 0.05) is 19.3 Å². The number of nitrogens with zero attached hydrogens (tertiary/aromatic N) is 3. The van der Waals surface area contributed by atoms with Gasteiger partial charge in [-0.3, -0.25) is 4.79 Å². The van der Waals surface area contributed by atoms with Gasteiger partial charge in [0.05, 0.1) is 23.5 Å². The molecule has 0 radical (unpaired) electrons. The number of nitriles is 1. The summed E-state index contributed by atoms with van der Waals surface area (Å²) in [5.41, 5.74) is 2.54. The zero-order valence-electron chi connectivity index (χ0n) is 12.0. The Labute approximate surface area is 123 Å². The van der Waals surface area contributed by atoms with E-state index in [2.05, 4.69) is 10.3 Å². The second-order valence-electron chi connectivity index (χ2n) is 4.49. The molecule has 0 bridgehead atoms. The average Bonchev–Trinajstić information content (AvgIpc) is 2.54. The lowest BCUT2D eigenvalue weighted by Crippen LogP contribution is -2.27. The summed E-state index contributed by atoms with van der Waals surface area (Å²) in [6.07, 6.45) is 1.64. The predicted molar refractivity (Wildman–Crippen MR) is 82.3 cm³/mol. The second-order valence-corrected chi connectivity index (χ2v) is 4.49. The van der Waals surface area contributed by atoms with E-state index in [0.717, 1.165) is 17.9 Å². The molecular formula is C16H16N4O. The topological polar surface area (TPSA) is 69.0 Å². The molecule has 0 aliphatic heterocycles. The number of aromatic nitrogens is 1. The Hall–Kier alpha value is -2.87. The third-order valence-electron chi connectivity index (χ3n) is 3.05. The van der Waals surface area contributed by atoms with Crippen LogP contribution in [0.3, 0.4) is 0 Å². The van der Waals surface area contributed by atoms with Gasteiger partial charge < -0.3 is 10.2 Å². The van der Waals surface area contributed by atoms with Gasteiger partial charge in [-0.05, 0) is 43.3 Å². The SMILES string of the molecule is CCNc1ccc(C(=O)N(C)c2ccc(C#N)cc2)nc1. The number of rotatable bonds is 4. The first-order valence-electron chi connectivity index (χ1n) is 6.64. The zero-order valence-corrected chi connectivity index (χ0v) is 12.0. The van der Waals surface area contributed by atoms with E-state index < -0.39 is 0 Å². The van der Waals surface area contributed by atoms with Gasteiger partial charge in [-0.1, -0.05) is 0 Å². The predicted octanol–water partition coefficient (Wildman–Crippen LogP) is 2.66. The molecule has 0 saturated carbocycles. The lowest BCUT2D eigenvalue weighted by atomic mass is 10.2. The Morgan fingerprint density at radius 1 is 1.29 bits per heavy atom. The molecule has 106 valence electrons. The Kier molecular flexibility index (Phi) is 4.52. The molecule has 0 spiro atoms. The van der Waals surface area contributed by atoms with Crippen molar-refractivity contribution in [1.29, 1.82) is 5.26 Å². The van der Waals surface area contributed by atoms with E-state index in [1.54, 1.807) is 43.6 Å². The minimum atomic E-state index is -0.192. The van der Waals surface area contributed by atoms with Crippen LogP contribution in [-0.4, -0.2) is 24.5 Å². The number of pyridine rings is 1. The largest absolute Gasteiger partial charge is 0.384 e. The number of benzene rings is 1. The molecule has 1 heterocycles. The van der Waals surface area contributed by atoms with E-state index in [1.165, 1.54) is 4.90 Å². The van der Waals surface area contributed by atoms with Crippen molar-refractivity contribution in [2.45, 2.75) is 6.92 Å². The number of hydrogen-bond donors (Lipinski definition) is 1. The van der Waals surface area contributed by atoms with E-state index in [9.17, 15) is 4.79 Å². The molecule has 2 rings (SSSR count). The fourth-order valence-corrected chi connectivity index (χ4v) is 1.88. The minimum Gasteiger partial charge on any atom is -0.384 e. The molecule has 0 unspecified atom stereocenters. The summed E-state index contributed by atoms with van der Waals surface area (Å²) in [6.45, 7) is 2.80. The summed E-state index contributed by atoms with van der Waals surface area (Å²) in [7, 11) is 1.68. The van der Waals surface area contributed by atoms with Crippen LogP contribution in [0.4, 0.5) is 11.4 Å². The molecule has 21 heavy (non-hydrogen) atoms. The van der Waals surface area contributed by atoms with E-state index in [-0.39, 0.29) is 5.91 Å². The third kappa shape index (κ3) is 3.37. The normalized spacial score (nSPS) is 9.76. The molecule has 5 heteroatoms. The van der Waals surface area contributed by atoms with Crippen molar-refractivity contribution in [3.8, 4) is 6.07 Å². The third-order valence-corrected chi connectivity index (χ3v) is 3.05. The lowest BCUT2D eigenvalue weighted by molar-refractivity contribution is 0.0988. The number of carbonyl (C=O) groups is 1. The van der Waals surface area contributed by atoms with E-state index in [1.807, 2.05) is 19.1 Å². The Bertz CT molecular complexity index is 656. The highest BCUT2D eigenvalue weighted by atomic mass is 16.2. The van der Waals surface area contributed by atoms with Gasteiger partial charge in [0.2, 0.25) is 0 Å². The monoisotopic (exact) mass is 280 g/mol. The van der Waals surface area contributed by atoms with Gasteiger partial charge in [-0.15, -0.1) is 0 Å². The second kappa shape index (κ2) is 6.53. The maximum absolute atomic E-state index is 12.3. The molecular weight excluding hydrogens is 264 g/mol. The molecule has 0 fully saturated rings. The summed E-state index contributed by atoms with van der Waals surface area (Å²) in [6, 6.07) is 12.4. The Morgan fingerprint density at radius 2 is 2.00 bits per heavy atom. The highest BCUT2D eigenvalue weighted by Crippen LogP contribution is 2.16. The summed E-state index contributed by atoms with van der Waals surface area (Å²) < 4.78 is 0. The maximum Gasteiger partial charge on any atom is 0.276 e. The van der Waals surface area contributed by atoms with Crippen LogP contribution in [-0.2, 0) is 0 Å². The molecule has 0 saturated heterocycles. The summed E-state index contributed by atoms with van der Waals surface area (Å²) in [4.78, 5) is 18.0. The fraction of sp³-hybridized carbons (Fsp3) is 0.188. The van der Waals surface area contributed by atoms with Crippen LogP contribution < -0.4 is 10.2 Å². The molecule has 5 nitrogen and oxygen atoms in total. The first kappa shape index (κ1) is 14.5. The van der Waals surface area contributed by atoms with Gasteiger partial charge in [0.25, 0.3) is 5.91 Å². The van der Waals surface area contributed by atoms with Gasteiger partial charge in [0.15, 0.2) is 0 Å². The van der Waals surface area contributed by atoms with Crippen LogP contribution in [0.15, 0.2) is 42.6 Å². The number of anilines is 2. The van der Waals surface area contributed by atoms with Crippen LogP contribution in [0.25, 0.3) is 0 Å². The molecule has 0 atom stereocenters. The molecule has 1 aromatic heterocycles. The van der Waals surface area contributed by atoms with Gasteiger partial charge >= 0.3 is 0 Å². The highest BCUT2D eigenvalue weighted by molar-refractivity contribution is 6.04. The standard InChI is InChI=1S/C16H16N4O/c1-3-18-13-6-9-15(19-11-13)16(21)20(2)14-7-4-12(10-17)5-8-14/h4-9,11,18H,3H2,1-2H3.